The highest BCUT2D eigenvalue weighted by Gasteiger charge is 2.06. The fraction of sp³-hybridized carbons (Fsp3) is 0.300. The maximum Gasteiger partial charge on any atom is 0.133 e. The number of benzene rings is 1. The number of halogens is 1. The molecule has 3 heteroatoms. The van der Waals surface area contributed by atoms with Gasteiger partial charge in [-0.25, -0.2) is 0 Å². The van der Waals surface area contributed by atoms with Crippen LogP contribution in [0.4, 0.5) is 0 Å². The van der Waals surface area contributed by atoms with Crippen LogP contribution >= 0.6 is 15.9 Å². The van der Waals surface area contributed by atoms with Crippen LogP contribution in [-0.2, 0) is 17.6 Å². The van der Waals surface area contributed by atoms with Crippen LogP contribution in [0.1, 0.15) is 18.1 Å². The summed E-state index contributed by atoms with van der Waals surface area (Å²) in [5.41, 5.74) is 1.79. The Morgan fingerprint density at radius 3 is 2.77 bits per heavy atom. The molecule has 0 atom stereocenters. The van der Waals surface area contributed by atoms with E-state index in [-0.39, 0.29) is 12.2 Å². The Hall–Kier alpha value is -0.830. The monoisotopic (exact) mass is 242 g/mol. The van der Waals surface area contributed by atoms with Gasteiger partial charge in [0, 0.05) is 12.0 Å². The number of aryl methyl sites for hydroxylation is 1. The first-order valence-electron chi connectivity index (χ1n) is 4.13. The third-order valence-corrected chi connectivity index (χ3v) is 2.52. The molecule has 13 heavy (non-hydrogen) atoms. The first-order chi connectivity index (χ1) is 6.19. The summed E-state index contributed by atoms with van der Waals surface area (Å²) < 4.78 is 0.656. The van der Waals surface area contributed by atoms with Gasteiger partial charge in [0.25, 0.3) is 0 Å². The number of rotatable bonds is 3. The van der Waals surface area contributed by atoms with Crippen molar-refractivity contribution in [3.05, 3.63) is 27.7 Å². The fourth-order valence-electron chi connectivity index (χ4n) is 1.17. The maximum atomic E-state index is 10.3. The molecule has 0 aliphatic rings. The number of carbonyl (C=O) groups excluding carboxylic acids is 1. The van der Waals surface area contributed by atoms with E-state index in [1.54, 1.807) is 0 Å². The Balaban J connectivity index is 3.15. The topological polar surface area (TPSA) is 37.3 Å². The molecule has 0 aliphatic heterocycles. The van der Waals surface area contributed by atoms with E-state index >= 15 is 0 Å². The highest BCUT2D eigenvalue weighted by molar-refractivity contribution is 9.10. The van der Waals surface area contributed by atoms with Crippen LogP contribution in [-0.4, -0.2) is 11.4 Å². The first-order valence-corrected chi connectivity index (χ1v) is 4.92. The van der Waals surface area contributed by atoms with Gasteiger partial charge in [0.1, 0.15) is 12.0 Å². The van der Waals surface area contributed by atoms with Crippen molar-refractivity contribution in [2.45, 2.75) is 19.8 Å². The summed E-state index contributed by atoms with van der Waals surface area (Å²) >= 11 is 3.24. The molecular formula is C10H11BrO2. The minimum Gasteiger partial charge on any atom is -0.506 e. The second-order valence-electron chi connectivity index (χ2n) is 2.81. The molecule has 0 radical (unpaired) electrons. The quantitative estimate of drug-likeness (QED) is 0.828. The summed E-state index contributed by atoms with van der Waals surface area (Å²) in [6.45, 7) is 2.03. The van der Waals surface area contributed by atoms with E-state index in [4.69, 9.17) is 0 Å². The molecule has 1 N–H and O–H groups in total. The molecule has 0 heterocycles. The summed E-state index contributed by atoms with van der Waals surface area (Å²) in [6.07, 6.45) is 1.95. The summed E-state index contributed by atoms with van der Waals surface area (Å²) in [4.78, 5) is 10.3. The van der Waals surface area contributed by atoms with E-state index in [1.165, 1.54) is 0 Å². The van der Waals surface area contributed by atoms with E-state index < -0.39 is 0 Å². The zero-order valence-corrected chi connectivity index (χ0v) is 8.97. The molecule has 0 saturated carbocycles. The maximum absolute atomic E-state index is 10.3. The van der Waals surface area contributed by atoms with E-state index in [2.05, 4.69) is 15.9 Å². The smallest absolute Gasteiger partial charge is 0.133 e. The van der Waals surface area contributed by atoms with E-state index in [9.17, 15) is 9.90 Å². The van der Waals surface area contributed by atoms with E-state index in [0.717, 1.165) is 18.3 Å². The third kappa shape index (κ3) is 2.31. The molecule has 0 aromatic heterocycles. The van der Waals surface area contributed by atoms with Crippen LogP contribution in [0, 0.1) is 0 Å². The molecule has 0 unspecified atom stereocenters. The standard InChI is InChI=1S/C10H11BrO2/c1-2-7-5-8(3-4-12)10(13)9(11)6-7/h4-6,13H,2-3H2,1H3. The van der Waals surface area contributed by atoms with Crippen LogP contribution in [0.5, 0.6) is 5.75 Å². The van der Waals surface area contributed by atoms with Gasteiger partial charge in [-0.15, -0.1) is 0 Å². The van der Waals surface area contributed by atoms with Crippen molar-refractivity contribution in [3.8, 4) is 5.75 Å². The predicted octanol–water partition coefficient (Wildman–Crippen LogP) is 2.46. The molecule has 0 saturated heterocycles. The normalized spacial score (nSPS) is 10.0. The average molecular weight is 243 g/mol. The second-order valence-corrected chi connectivity index (χ2v) is 3.66. The van der Waals surface area contributed by atoms with E-state index in [0.29, 0.717) is 10.0 Å². The van der Waals surface area contributed by atoms with Crippen molar-refractivity contribution in [2.24, 2.45) is 0 Å². The van der Waals surface area contributed by atoms with Crippen molar-refractivity contribution in [1.82, 2.24) is 0 Å². The molecule has 0 bridgehead atoms. The highest BCUT2D eigenvalue weighted by atomic mass is 79.9. The highest BCUT2D eigenvalue weighted by Crippen LogP contribution is 2.29. The predicted molar refractivity (Wildman–Crippen MR) is 55.0 cm³/mol. The van der Waals surface area contributed by atoms with E-state index in [1.807, 2.05) is 19.1 Å². The minimum absolute atomic E-state index is 0.171. The van der Waals surface area contributed by atoms with Gasteiger partial charge in [-0.2, -0.15) is 0 Å². The number of hydrogen-bond donors (Lipinski definition) is 1. The van der Waals surface area contributed by atoms with Gasteiger partial charge in [0.05, 0.1) is 4.47 Å². The zero-order valence-electron chi connectivity index (χ0n) is 7.38. The van der Waals surface area contributed by atoms with Crippen molar-refractivity contribution in [2.75, 3.05) is 0 Å². The molecule has 1 aromatic rings. The van der Waals surface area contributed by atoms with Gasteiger partial charge in [-0.1, -0.05) is 13.0 Å². The third-order valence-electron chi connectivity index (χ3n) is 1.91. The number of phenolic OH excluding ortho intramolecular Hbond substituents is 1. The van der Waals surface area contributed by atoms with Crippen LogP contribution in [0.3, 0.4) is 0 Å². The lowest BCUT2D eigenvalue weighted by atomic mass is 10.1. The molecule has 2 nitrogen and oxygen atoms in total. The van der Waals surface area contributed by atoms with Gasteiger partial charge >= 0.3 is 0 Å². The minimum atomic E-state index is 0.171. The van der Waals surface area contributed by atoms with Gasteiger partial charge in [-0.3, -0.25) is 0 Å². The number of aromatic hydroxyl groups is 1. The molecule has 70 valence electrons. The van der Waals surface area contributed by atoms with Crippen LogP contribution < -0.4 is 0 Å². The molecule has 0 fully saturated rings. The fourth-order valence-corrected chi connectivity index (χ4v) is 1.72. The number of carbonyl (C=O) groups is 1. The molecular weight excluding hydrogens is 232 g/mol. The van der Waals surface area contributed by atoms with Crippen LogP contribution in [0.2, 0.25) is 0 Å². The number of phenols is 1. The molecule has 1 rings (SSSR count). The number of hydrogen-bond acceptors (Lipinski definition) is 2. The second kappa shape index (κ2) is 4.42. The van der Waals surface area contributed by atoms with Gasteiger partial charge < -0.3 is 9.90 Å². The summed E-state index contributed by atoms with van der Waals surface area (Å²) in [5.74, 6) is 0.171. The van der Waals surface area contributed by atoms with Gasteiger partial charge in [0.2, 0.25) is 0 Å². The summed E-state index contributed by atoms with van der Waals surface area (Å²) in [6, 6.07) is 3.72. The number of aldehydes is 1. The molecule has 0 aliphatic carbocycles. The van der Waals surface area contributed by atoms with Crippen molar-refractivity contribution in [1.29, 1.82) is 0 Å². The molecule has 1 aromatic carbocycles. The summed E-state index contributed by atoms with van der Waals surface area (Å²) in [7, 11) is 0. The van der Waals surface area contributed by atoms with Gasteiger partial charge in [-0.05, 0) is 34.0 Å². The Kier molecular flexibility index (Phi) is 3.48. The van der Waals surface area contributed by atoms with Crippen molar-refractivity contribution < 1.29 is 9.90 Å². The Morgan fingerprint density at radius 2 is 2.23 bits per heavy atom. The Morgan fingerprint density at radius 1 is 1.54 bits per heavy atom. The largest absolute Gasteiger partial charge is 0.506 e. The van der Waals surface area contributed by atoms with Crippen LogP contribution in [0.15, 0.2) is 16.6 Å². The summed E-state index contributed by atoms with van der Waals surface area (Å²) in [5, 5.41) is 9.54. The van der Waals surface area contributed by atoms with Crippen molar-refractivity contribution >= 4 is 22.2 Å². The Bertz CT molecular complexity index is 321. The SMILES string of the molecule is CCc1cc(Br)c(O)c(CC=O)c1. The lowest BCUT2D eigenvalue weighted by Gasteiger charge is -2.06. The average Bonchev–Trinajstić information content (AvgIpc) is 2.13. The Labute approximate surface area is 85.7 Å². The van der Waals surface area contributed by atoms with Crippen LogP contribution in [0.25, 0.3) is 0 Å². The lowest BCUT2D eigenvalue weighted by Crippen LogP contribution is -1.91. The zero-order chi connectivity index (χ0) is 9.84. The molecule has 0 amide bonds. The lowest BCUT2D eigenvalue weighted by molar-refractivity contribution is -0.107. The van der Waals surface area contributed by atoms with Crippen molar-refractivity contribution in [3.63, 3.8) is 0 Å². The molecule has 0 spiro atoms. The first kappa shape index (κ1) is 10.3. The van der Waals surface area contributed by atoms with Gasteiger partial charge in [0.15, 0.2) is 0 Å².